The zero-order valence-corrected chi connectivity index (χ0v) is 19.5. The quantitative estimate of drug-likeness (QED) is 0.645. The minimum absolute atomic E-state index is 0. The van der Waals surface area contributed by atoms with Gasteiger partial charge in [-0.2, -0.15) is 0 Å². The number of aliphatic imine (C=N–C) groups is 1. The van der Waals surface area contributed by atoms with Gasteiger partial charge in [-0.1, -0.05) is 80.2 Å². The molecule has 0 radical (unpaired) electrons. The molecule has 0 aliphatic carbocycles. The molecule has 2 aliphatic rings. The predicted octanol–water partition coefficient (Wildman–Crippen LogP) is 5.64. The monoisotopic (exact) mass is 446 g/mol. The van der Waals surface area contributed by atoms with Crippen LogP contribution in [0.1, 0.15) is 49.4 Å². The average molecular weight is 447 g/mol. The summed E-state index contributed by atoms with van der Waals surface area (Å²) in [6.45, 7) is 8.31. The van der Waals surface area contributed by atoms with Crippen LogP contribution in [0.3, 0.4) is 0 Å². The zero-order valence-electron chi connectivity index (χ0n) is 17.8. The second kappa shape index (κ2) is 11.4. The Labute approximate surface area is 190 Å². The van der Waals surface area contributed by atoms with Crippen molar-refractivity contribution in [3.8, 4) is 0 Å². The van der Waals surface area contributed by atoms with Gasteiger partial charge in [0.15, 0.2) is 5.17 Å². The fraction of sp³-hybridized carbons (Fsp3) is 0.417. The molecule has 2 aliphatic heterocycles. The minimum Gasteiger partial charge on any atom is -0.481 e. The summed E-state index contributed by atoms with van der Waals surface area (Å²) in [4.78, 5) is 17.9. The van der Waals surface area contributed by atoms with E-state index in [4.69, 9.17) is 10.1 Å². The summed E-state index contributed by atoms with van der Waals surface area (Å²) < 4.78 is 0. The third kappa shape index (κ3) is 6.51. The predicted molar refractivity (Wildman–Crippen MR) is 129 cm³/mol. The Morgan fingerprint density at radius 2 is 1.80 bits per heavy atom. The molecule has 2 aromatic carbocycles. The first-order valence-corrected chi connectivity index (χ1v) is 11.2. The van der Waals surface area contributed by atoms with Gasteiger partial charge in [0.2, 0.25) is 0 Å². The van der Waals surface area contributed by atoms with E-state index in [1.165, 1.54) is 28.6 Å². The van der Waals surface area contributed by atoms with Gasteiger partial charge in [-0.05, 0) is 36.0 Å². The second-order valence-electron chi connectivity index (χ2n) is 8.03. The Bertz CT molecular complexity index is 840. The molecule has 2 aromatic rings. The van der Waals surface area contributed by atoms with Crippen LogP contribution in [0.25, 0.3) is 0 Å². The van der Waals surface area contributed by atoms with Crippen molar-refractivity contribution in [1.29, 1.82) is 0 Å². The normalized spacial score (nSPS) is 18.1. The number of carboxylic acid groups (broad SMARTS) is 1. The molecule has 0 saturated carbocycles. The van der Waals surface area contributed by atoms with E-state index in [-0.39, 0.29) is 12.4 Å². The first-order valence-electron chi connectivity index (χ1n) is 10.3. The van der Waals surface area contributed by atoms with Crippen LogP contribution in [0.15, 0.2) is 59.6 Å². The van der Waals surface area contributed by atoms with Gasteiger partial charge < -0.3 is 10.0 Å². The molecule has 0 spiro atoms. The van der Waals surface area contributed by atoms with Gasteiger partial charge in [0, 0.05) is 18.8 Å². The number of thioether (sulfide) groups is 1. The zero-order chi connectivity index (χ0) is 20.8. The molecular formula is C24H31ClN2O2S. The van der Waals surface area contributed by atoms with Crippen molar-refractivity contribution >= 4 is 35.3 Å². The Morgan fingerprint density at radius 3 is 2.37 bits per heavy atom. The molecule has 1 saturated heterocycles. The van der Waals surface area contributed by atoms with Gasteiger partial charge in [-0.25, -0.2) is 0 Å². The van der Waals surface area contributed by atoms with Gasteiger partial charge in [0.05, 0.1) is 12.0 Å². The smallest absolute Gasteiger partial charge is 0.310 e. The van der Waals surface area contributed by atoms with Crippen LogP contribution in [-0.2, 0) is 11.2 Å². The molecular weight excluding hydrogens is 416 g/mol. The fourth-order valence-corrected chi connectivity index (χ4v) is 4.56. The molecule has 30 heavy (non-hydrogen) atoms. The third-order valence-corrected chi connectivity index (χ3v) is 6.21. The summed E-state index contributed by atoms with van der Waals surface area (Å²) in [5, 5.41) is 10.1. The minimum atomic E-state index is -0.772. The molecule has 0 amide bonds. The highest BCUT2D eigenvalue weighted by Gasteiger charge is 2.29. The summed E-state index contributed by atoms with van der Waals surface area (Å²) in [7, 11) is 0. The number of amidine groups is 1. The van der Waals surface area contributed by atoms with Crippen molar-refractivity contribution in [2.45, 2.75) is 39.2 Å². The van der Waals surface area contributed by atoms with Gasteiger partial charge in [-0.3, -0.25) is 9.79 Å². The lowest BCUT2D eigenvalue weighted by Crippen LogP contribution is -2.21. The molecule has 1 fully saturated rings. The number of aliphatic carboxylic acids is 1. The number of benzene rings is 2. The lowest BCUT2D eigenvalue weighted by molar-refractivity contribution is -0.138. The maximum absolute atomic E-state index is 10.8. The number of carbonyl (C=O) groups is 1. The van der Waals surface area contributed by atoms with E-state index < -0.39 is 11.9 Å². The van der Waals surface area contributed by atoms with Crippen molar-refractivity contribution in [2.24, 2.45) is 10.9 Å². The molecule has 6 heteroatoms. The Balaban J connectivity index is 0.000000207. The number of carboxylic acids is 1. The lowest BCUT2D eigenvalue weighted by atomic mass is 9.97. The Kier molecular flexibility index (Phi) is 9.25. The highest BCUT2D eigenvalue weighted by Crippen LogP contribution is 2.31. The number of fused-ring (bicyclic) bond motifs is 1. The number of nitrogens with zero attached hydrogens (tertiary/aromatic N) is 2. The molecule has 2 heterocycles. The summed E-state index contributed by atoms with van der Waals surface area (Å²) in [6, 6.07) is 18.8. The van der Waals surface area contributed by atoms with E-state index in [1.54, 1.807) is 6.92 Å². The van der Waals surface area contributed by atoms with Gasteiger partial charge >= 0.3 is 5.97 Å². The van der Waals surface area contributed by atoms with Crippen LogP contribution < -0.4 is 0 Å². The highest BCUT2D eigenvalue weighted by atomic mass is 35.5. The summed E-state index contributed by atoms with van der Waals surface area (Å²) in [6.07, 6.45) is 1.04. The van der Waals surface area contributed by atoms with E-state index in [0.29, 0.717) is 12.0 Å². The average Bonchev–Trinajstić information content (AvgIpc) is 3.31. The summed E-state index contributed by atoms with van der Waals surface area (Å²) in [5.74, 6) is 0.651. The van der Waals surface area contributed by atoms with Gasteiger partial charge in [-0.15, -0.1) is 12.4 Å². The molecule has 1 N–H and O–H groups in total. The van der Waals surface area contributed by atoms with Crippen molar-refractivity contribution in [2.75, 3.05) is 18.8 Å². The lowest BCUT2D eigenvalue weighted by Gasteiger charge is -2.12. The van der Waals surface area contributed by atoms with Crippen molar-refractivity contribution in [1.82, 2.24) is 4.90 Å². The van der Waals surface area contributed by atoms with Gasteiger partial charge in [0.1, 0.15) is 0 Å². The van der Waals surface area contributed by atoms with Crippen LogP contribution >= 0.6 is 24.2 Å². The van der Waals surface area contributed by atoms with E-state index in [1.807, 2.05) is 36.0 Å². The summed E-state index contributed by atoms with van der Waals surface area (Å²) in [5.41, 5.74) is 3.48. The third-order valence-electron chi connectivity index (χ3n) is 5.20. The fourth-order valence-electron chi connectivity index (χ4n) is 3.52. The van der Waals surface area contributed by atoms with E-state index in [2.05, 4.69) is 49.1 Å². The largest absolute Gasteiger partial charge is 0.481 e. The topological polar surface area (TPSA) is 52.9 Å². The second-order valence-corrected chi connectivity index (χ2v) is 9.09. The van der Waals surface area contributed by atoms with Crippen molar-refractivity contribution in [3.63, 3.8) is 0 Å². The number of halogens is 1. The first kappa shape index (κ1) is 24.3. The molecule has 162 valence electrons. The van der Waals surface area contributed by atoms with Crippen molar-refractivity contribution in [3.05, 3.63) is 71.3 Å². The Morgan fingerprint density at radius 1 is 1.13 bits per heavy atom. The molecule has 4 rings (SSSR count). The number of rotatable bonds is 5. The van der Waals surface area contributed by atoms with Gasteiger partial charge in [0.25, 0.3) is 0 Å². The standard InChI is InChI=1S/C13H18O2.C11H12N2S.ClH/c1-9(2)8-11-4-6-12(7-5-11)10(3)13(14)15;1-2-4-9(5-3-1)10-8-13-6-7-14-11(13)12-10;/h4-7,9-10H,8H2,1-3H3,(H,14,15);1-5,10H,6-8H2;1H. The van der Waals surface area contributed by atoms with E-state index >= 15 is 0 Å². The van der Waals surface area contributed by atoms with Crippen LogP contribution in [0.5, 0.6) is 0 Å². The molecule has 2 atom stereocenters. The van der Waals surface area contributed by atoms with Crippen LogP contribution in [-0.4, -0.2) is 40.0 Å². The maximum Gasteiger partial charge on any atom is 0.310 e. The molecule has 2 unspecified atom stereocenters. The molecule has 0 bridgehead atoms. The number of hydrogen-bond acceptors (Lipinski definition) is 4. The first-order chi connectivity index (χ1) is 13.9. The SMILES string of the molecule is CC(C)Cc1ccc(C(C)C(=O)O)cc1.Cl.c1ccc(C2CN3CCSC3=N2)cc1. The van der Waals surface area contributed by atoms with E-state index in [9.17, 15) is 4.79 Å². The van der Waals surface area contributed by atoms with Crippen molar-refractivity contribution < 1.29 is 9.90 Å². The number of hydrogen-bond donors (Lipinski definition) is 1. The van der Waals surface area contributed by atoms with Crippen LogP contribution in [0, 0.1) is 5.92 Å². The Hall–Kier alpha value is -1.98. The van der Waals surface area contributed by atoms with Crippen LogP contribution in [0.4, 0.5) is 0 Å². The maximum atomic E-state index is 10.8. The summed E-state index contributed by atoms with van der Waals surface area (Å²) >= 11 is 1.89. The molecule has 0 aromatic heterocycles. The molecule has 4 nitrogen and oxygen atoms in total. The van der Waals surface area contributed by atoms with Crippen LogP contribution in [0.2, 0.25) is 0 Å². The highest BCUT2D eigenvalue weighted by molar-refractivity contribution is 8.14. The van der Waals surface area contributed by atoms with E-state index in [0.717, 1.165) is 18.5 Å².